The molecule has 1 unspecified atom stereocenters. The molecule has 1 aliphatic carbocycles. The van der Waals surface area contributed by atoms with Crippen LogP contribution in [0, 0.1) is 9.49 Å². The van der Waals surface area contributed by atoms with Gasteiger partial charge in [-0.15, -0.1) is 0 Å². The van der Waals surface area contributed by atoms with E-state index in [2.05, 4.69) is 83.1 Å². The van der Waals surface area contributed by atoms with Crippen LogP contribution in [-0.2, 0) is 5.60 Å². The highest BCUT2D eigenvalue weighted by molar-refractivity contribution is 14.1. The van der Waals surface area contributed by atoms with Crippen molar-refractivity contribution in [1.29, 1.82) is 0 Å². The lowest BCUT2D eigenvalue weighted by molar-refractivity contribution is -0.0111. The molecule has 1 saturated heterocycles. The van der Waals surface area contributed by atoms with E-state index < -0.39 is 5.60 Å². The van der Waals surface area contributed by atoms with Crippen LogP contribution in [0.4, 0.5) is 0 Å². The first-order valence-electron chi connectivity index (χ1n) is 8.57. The van der Waals surface area contributed by atoms with Gasteiger partial charge >= 0.3 is 0 Å². The molecular formula is C21H22INO. The number of likely N-dealkylation sites (tertiary alicyclic amines) is 1. The van der Waals surface area contributed by atoms with Crippen LogP contribution in [0.5, 0.6) is 0 Å². The van der Waals surface area contributed by atoms with Gasteiger partial charge in [0.15, 0.2) is 0 Å². The van der Waals surface area contributed by atoms with Crippen molar-refractivity contribution in [3.05, 3.63) is 68.3 Å². The molecule has 0 radical (unpaired) electrons. The molecule has 1 heterocycles. The van der Waals surface area contributed by atoms with Crippen molar-refractivity contribution in [3.63, 3.8) is 0 Å². The molecule has 24 heavy (non-hydrogen) atoms. The van der Waals surface area contributed by atoms with Gasteiger partial charge in [-0.05, 0) is 95.9 Å². The van der Waals surface area contributed by atoms with E-state index in [4.69, 9.17) is 0 Å². The van der Waals surface area contributed by atoms with E-state index in [1.54, 1.807) is 0 Å². The molecule has 4 rings (SSSR count). The van der Waals surface area contributed by atoms with Gasteiger partial charge in [-0.1, -0.05) is 42.5 Å². The Labute approximate surface area is 157 Å². The second-order valence-electron chi connectivity index (χ2n) is 7.00. The maximum absolute atomic E-state index is 12.1. The molecule has 2 aromatic rings. The Hall–Kier alpha value is -1.17. The van der Waals surface area contributed by atoms with Crippen molar-refractivity contribution in [1.82, 2.24) is 4.90 Å². The van der Waals surface area contributed by atoms with Crippen molar-refractivity contribution in [2.45, 2.75) is 18.4 Å². The summed E-state index contributed by atoms with van der Waals surface area (Å²) >= 11 is 2.35. The Kier molecular flexibility index (Phi) is 4.27. The van der Waals surface area contributed by atoms with E-state index >= 15 is 0 Å². The van der Waals surface area contributed by atoms with Crippen LogP contribution in [0.25, 0.3) is 12.2 Å². The predicted octanol–water partition coefficient (Wildman–Crippen LogP) is 4.35. The summed E-state index contributed by atoms with van der Waals surface area (Å²) in [4.78, 5) is 2.36. The van der Waals surface area contributed by atoms with E-state index in [1.165, 1.54) is 3.57 Å². The van der Waals surface area contributed by atoms with Crippen molar-refractivity contribution in [3.8, 4) is 0 Å². The Morgan fingerprint density at radius 2 is 1.67 bits per heavy atom. The van der Waals surface area contributed by atoms with Crippen LogP contribution < -0.4 is 0 Å². The van der Waals surface area contributed by atoms with Gasteiger partial charge in [-0.3, -0.25) is 0 Å². The largest absolute Gasteiger partial charge is 0.380 e. The molecular weight excluding hydrogens is 409 g/mol. The minimum atomic E-state index is -0.919. The SMILES string of the molecule is CN1CCC(C2(O)c3ccccc3C=Cc3ccc(I)cc32)CC1. The molecule has 0 aromatic heterocycles. The molecule has 0 amide bonds. The van der Waals surface area contributed by atoms with E-state index in [-0.39, 0.29) is 5.92 Å². The summed E-state index contributed by atoms with van der Waals surface area (Å²) in [5, 5.41) is 12.1. The first kappa shape index (κ1) is 16.3. The average Bonchev–Trinajstić information content (AvgIpc) is 2.72. The van der Waals surface area contributed by atoms with Crippen LogP contribution in [0.1, 0.15) is 35.1 Å². The lowest BCUT2D eigenvalue weighted by atomic mass is 9.70. The lowest BCUT2D eigenvalue weighted by Gasteiger charge is -2.42. The number of rotatable bonds is 1. The standard InChI is InChI=1S/C21H22INO/c1-23-12-10-17(11-13-23)21(24)19-5-3-2-4-15(19)6-7-16-8-9-18(22)14-20(16)21/h2-9,14,17,24H,10-13H2,1H3. The number of hydrogen-bond acceptors (Lipinski definition) is 2. The third kappa shape index (κ3) is 2.63. The fourth-order valence-corrected chi connectivity index (χ4v) is 4.68. The number of hydrogen-bond donors (Lipinski definition) is 1. The van der Waals surface area contributed by atoms with Gasteiger partial charge in [0.2, 0.25) is 0 Å². The topological polar surface area (TPSA) is 23.5 Å². The second-order valence-corrected chi connectivity index (χ2v) is 8.24. The second kappa shape index (κ2) is 6.28. The monoisotopic (exact) mass is 431 g/mol. The highest BCUT2D eigenvalue weighted by atomic mass is 127. The fraction of sp³-hybridized carbons (Fsp3) is 0.333. The van der Waals surface area contributed by atoms with Crippen LogP contribution in [-0.4, -0.2) is 30.1 Å². The molecule has 2 aromatic carbocycles. The molecule has 1 atom stereocenters. The molecule has 1 fully saturated rings. The van der Waals surface area contributed by atoms with Gasteiger partial charge in [0.05, 0.1) is 0 Å². The first-order chi connectivity index (χ1) is 11.6. The maximum Gasteiger partial charge on any atom is 0.119 e. The summed E-state index contributed by atoms with van der Waals surface area (Å²) in [6.07, 6.45) is 6.34. The Morgan fingerprint density at radius 3 is 2.42 bits per heavy atom. The summed E-state index contributed by atoms with van der Waals surface area (Å²) in [6, 6.07) is 14.7. The van der Waals surface area contributed by atoms with Gasteiger partial charge in [0.25, 0.3) is 0 Å². The number of aliphatic hydroxyl groups is 1. The minimum Gasteiger partial charge on any atom is -0.380 e. The summed E-state index contributed by atoms with van der Waals surface area (Å²) in [5.41, 5.74) is 3.46. The third-order valence-electron chi connectivity index (χ3n) is 5.55. The maximum atomic E-state index is 12.1. The molecule has 1 N–H and O–H groups in total. The molecule has 1 aliphatic heterocycles. The zero-order valence-electron chi connectivity index (χ0n) is 13.9. The lowest BCUT2D eigenvalue weighted by Crippen LogP contribution is -2.43. The molecule has 2 aliphatic rings. The number of halogens is 1. The van der Waals surface area contributed by atoms with Gasteiger partial charge in [0.1, 0.15) is 5.60 Å². The predicted molar refractivity (Wildman–Crippen MR) is 108 cm³/mol. The highest BCUT2D eigenvalue weighted by Gasteiger charge is 2.44. The summed E-state index contributed by atoms with van der Waals surface area (Å²) < 4.78 is 1.17. The quantitative estimate of drug-likeness (QED) is 0.679. The first-order valence-corrected chi connectivity index (χ1v) is 9.65. The van der Waals surface area contributed by atoms with Crippen molar-refractivity contribution in [2.75, 3.05) is 20.1 Å². The average molecular weight is 431 g/mol. The molecule has 3 heteroatoms. The molecule has 0 saturated carbocycles. The summed E-state index contributed by atoms with van der Waals surface area (Å²) in [6.45, 7) is 2.09. The fourth-order valence-electron chi connectivity index (χ4n) is 4.18. The van der Waals surface area contributed by atoms with Crippen LogP contribution in [0.15, 0.2) is 42.5 Å². The number of fused-ring (bicyclic) bond motifs is 2. The summed E-state index contributed by atoms with van der Waals surface area (Å²) in [5.74, 6) is 0.242. The highest BCUT2D eigenvalue weighted by Crippen LogP contribution is 2.46. The van der Waals surface area contributed by atoms with E-state index in [0.29, 0.717) is 0 Å². The molecule has 0 bridgehead atoms. The van der Waals surface area contributed by atoms with Gasteiger partial charge in [0, 0.05) is 3.57 Å². The smallest absolute Gasteiger partial charge is 0.119 e. The van der Waals surface area contributed by atoms with E-state index in [1.807, 2.05) is 6.07 Å². The third-order valence-corrected chi connectivity index (χ3v) is 6.22. The number of nitrogens with zero attached hydrogens (tertiary/aromatic N) is 1. The normalized spacial score (nSPS) is 24.3. The molecule has 124 valence electrons. The van der Waals surface area contributed by atoms with Gasteiger partial charge < -0.3 is 10.0 Å². The summed E-state index contributed by atoms with van der Waals surface area (Å²) in [7, 11) is 2.17. The van der Waals surface area contributed by atoms with Crippen LogP contribution in [0.3, 0.4) is 0 Å². The zero-order valence-corrected chi connectivity index (χ0v) is 16.0. The Balaban J connectivity index is 1.94. The Morgan fingerprint density at radius 1 is 1.00 bits per heavy atom. The number of benzene rings is 2. The van der Waals surface area contributed by atoms with E-state index in [9.17, 15) is 5.11 Å². The molecule has 2 nitrogen and oxygen atoms in total. The van der Waals surface area contributed by atoms with Crippen LogP contribution in [0.2, 0.25) is 0 Å². The van der Waals surface area contributed by atoms with Crippen molar-refractivity contribution >= 4 is 34.7 Å². The minimum absolute atomic E-state index is 0.242. The van der Waals surface area contributed by atoms with Gasteiger partial charge in [-0.2, -0.15) is 0 Å². The zero-order chi connectivity index (χ0) is 16.7. The van der Waals surface area contributed by atoms with Crippen LogP contribution >= 0.6 is 22.6 Å². The Bertz CT molecular complexity index is 792. The molecule has 0 spiro atoms. The number of piperidine rings is 1. The van der Waals surface area contributed by atoms with E-state index in [0.717, 1.165) is 48.2 Å². The van der Waals surface area contributed by atoms with Crippen molar-refractivity contribution in [2.24, 2.45) is 5.92 Å². The van der Waals surface area contributed by atoms with Gasteiger partial charge in [-0.25, -0.2) is 0 Å². The van der Waals surface area contributed by atoms with Crippen molar-refractivity contribution < 1.29 is 5.11 Å².